The molecule has 0 aliphatic rings. The van der Waals surface area contributed by atoms with Gasteiger partial charge < -0.3 is 0 Å². The maximum absolute atomic E-state index is 12.0. The summed E-state index contributed by atoms with van der Waals surface area (Å²) in [6, 6.07) is 17.7. The molecule has 0 saturated carbocycles. The second-order valence-electron chi connectivity index (χ2n) is 5.26. The molecule has 0 radical (unpaired) electrons. The lowest BCUT2D eigenvalue weighted by Gasteiger charge is -1.96. The molecule has 0 aliphatic carbocycles. The summed E-state index contributed by atoms with van der Waals surface area (Å²) in [6.07, 6.45) is 3.28. The third-order valence-corrected chi connectivity index (χ3v) is 5.29. The fraction of sp³-hybridized carbons (Fsp3) is 0. The van der Waals surface area contributed by atoms with Crippen LogP contribution in [-0.2, 0) is 4.79 Å². The van der Waals surface area contributed by atoms with E-state index in [0.717, 1.165) is 26.5 Å². The Balaban J connectivity index is 1.47. The Morgan fingerprint density at radius 3 is 2.64 bits per heavy atom. The Morgan fingerprint density at radius 2 is 1.80 bits per heavy atom. The van der Waals surface area contributed by atoms with Crippen molar-refractivity contribution in [3.8, 4) is 10.7 Å². The van der Waals surface area contributed by atoms with Gasteiger partial charge in [-0.15, -0.1) is 22.7 Å². The zero-order chi connectivity index (χ0) is 17.1. The van der Waals surface area contributed by atoms with Gasteiger partial charge in [0.05, 0.1) is 10.2 Å². The summed E-state index contributed by atoms with van der Waals surface area (Å²) in [6.45, 7) is 0. The number of carbonyl (C=O) groups is 1. The van der Waals surface area contributed by atoms with Crippen LogP contribution in [0.3, 0.4) is 0 Å². The van der Waals surface area contributed by atoms with Crippen LogP contribution in [0.5, 0.6) is 0 Å². The molecule has 25 heavy (non-hydrogen) atoms. The minimum atomic E-state index is -0.200. The molecule has 4 nitrogen and oxygen atoms in total. The molecule has 122 valence electrons. The monoisotopic (exact) mass is 363 g/mol. The van der Waals surface area contributed by atoms with Gasteiger partial charge in [0.2, 0.25) is 5.91 Å². The number of aromatic nitrogens is 2. The molecule has 1 N–H and O–H groups in total. The molecule has 2 aromatic carbocycles. The first-order valence-electron chi connectivity index (χ1n) is 7.63. The van der Waals surface area contributed by atoms with Crippen molar-refractivity contribution in [2.75, 3.05) is 5.32 Å². The minimum Gasteiger partial charge on any atom is -0.298 e. The van der Waals surface area contributed by atoms with Crippen LogP contribution in [0.15, 0.2) is 66.1 Å². The van der Waals surface area contributed by atoms with Crippen molar-refractivity contribution in [3.63, 3.8) is 0 Å². The van der Waals surface area contributed by atoms with Crippen molar-refractivity contribution < 1.29 is 4.79 Å². The van der Waals surface area contributed by atoms with Crippen LogP contribution in [-0.4, -0.2) is 15.9 Å². The maximum Gasteiger partial charge on any atom is 0.250 e. The van der Waals surface area contributed by atoms with Crippen LogP contribution >= 0.6 is 22.7 Å². The normalized spacial score (nSPS) is 11.2. The van der Waals surface area contributed by atoms with Crippen LogP contribution in [0, 0.1) is 0 Å². The first kappa shape index (κ1) is 15.7. The van der Waals surface area contributed by atoms with Crippen molar-refractivity contribution in [3.05, 3.63) is 71.6 Å². The zero-order valence-corrected chi connectivity index (χ0v) is 14.7. The maximum atomic E-state index is 12.0. The standard InChI is InChI=1S/C19H13N3OS2/c23-17(11-10-13-6-2-1-3-7-13)22-19-21-15(12-24-19)18-20-14-8-4-5-9-16(14)25-18/h1-12H,(H,21,22,23). The Bertz CT molecular complexity index is 1020. The number of hydrogen-bond acceptors (Lipinski definition) is 5. The molecule has 0 unspecified atom stereocenters. The lowest BCUT2D eigenvalue weighted by atomic mass is 10.2. The summed E-state index contributed by atoms with van der Waals surface area (Å²) in [5.41, 5.74) is 2.73. The van der Waals surface area contributed by atoms with E-state index in [-0.39, 0.29) is 5.91 Å². The molecule has 4 aromatic rings. The van der Waals surface area contributed by atoms with E-state index in [9.17, 15) is 4.79 Å². The number of thiazole rings is 2. The van der Waals surface area contributed by atoms with E-state index in [4.69, 9.17) is 0 Å². The SMILES string of the molecule is O=C(C=Cc1ccccc1)Nc1nc(-c2nc3ccccc3s2)cs1. The number of carbonyl (C=O) groups excluding carboxylic acids is 1. The molecule has 0 aliphatic heterocycles. The van der Waals surface area contributed by atoms with E-state index in [1.54, 1.807) is 17.4 Å². The van der Waals surface area contributed by atoms with Gasteiger partial charge in [0.25, 0.3) is 0 Å². The van der Waals surface area contributed by atoms with E-state index in [2.05, 4.69) is 15.3 Å². The Labute approximate surface area is 152 Å². The van der Waals surface area contributed by atoms with Crippen molar-refractivity contribution in [1.82, 2.24) is 9.97 Å². The van der Waals surface area contributed by atoms with E-state index >= 15 is 0 Å². The molecule has 0 spiro atoms. The van der Waals surface area contributed by atoms with Gasteiger partial charge in [-0.2, -0.15) is 0 Å². The average molecular weight is 363 g/mol. The Hall–Kier alpha value is -2.83. The number of anilines is 1. The summed E-state index contributed by atoms with van der Waals surface area (Å²) in [4.78, 5) is 21.1. The average Bonchev–Trinajstić information content (AvgIpc) is 3.27. The number of amides is 1. The Kier molecular flexibility index (Phi) is 4.37. The van der Waals surface area contributed by atoms with E-state index in [1.165, 1.54) is 17.4 Å². The van der Waals surface area contributed by atoms with Crippen LogP contribution in [0.25, 0.3) is 27.0 Å². The van der Waals surface area contributed by atoms with Gasteiger partial charge in [0, 0.05) is 11.5 Å². The van der Waals surface area contributed by atoms with Crippen LogP contribution in [0.4, 0.5) is 5.13 Å². The van der Waals surface area contributed by atoms with Crippen molar-refractivity contribution in [2.24, 2.45) is 0 Å². The lowest BCUT2D eigenvalue weighted by molar-refractivity contribution is -0.111. The molecular formula is C19H13N3OS2. The third-order valence-electron chi connectivity index (χ3n) is 3.47. The highest BCUT2D eigenvalue weighted by atomic mass is 32.1. The van der Waals surface area contributed by atoms with Crippen LogP contribution < -0.4 is 5.32 Å². The number of nitrogens with zero attached hydrogens (tertiary/aromatic N) is 2. The predicted molar refractivity (Wildman–Crippen MR) is 105 cm³/mol. The second-order valence-corrected chi connectivity index (χ2v) is 7.15. The third kappa shape index (κ3) is 3.65. The predicted octanol–water partition coefficient (Wildman–Crippen LogP) is 5.07. The summed E-state index contributed by atoms with van der Waals surface area (Å²) >= 11 is 2.99. The van der Waals surface area contributed by atoms with Gasteiger partial charge in [-0.25, -0.2) is 9.97 Å². The molecule has 1 amide bonds. The van der Waals surface area contributed by atoms with Crippen molar-refractivity contribution >= 4 is 50.0 Å². The first-order valence-corrected chi connectivity index (χ1v) is 9.33. The fourth-order valence-electron chi connectivity index (χ4n) is 2.29. The summed E-state index contributed by atoms with van der Waals surface area (Å²) in [5, 5.41) is 6.13. The van der Waals surface area contributed by atoms with Crippen molar-refractivity contribution in [2.45, 2.75) is 0 Å². The topological polar surface area (TPSA) is 54.9 Å². The van der Waals surface area contributed by atoms with Crippen molar-refractivity contribution in [1.29, 1.82) is 0 Å². The molecule has 2 aromatic heterocycles. The van der Waals surface area contributed by atoms with Gasteiger partial charge in [-0.05, 0) is 23.8 Å². The minimum absolute atomic E-state index is 0.200. The lowest BCUT2D eigenvalue weighted by Crippen LogP contribution is -2.07. The fourth-order valence-corrected chi connectivity index (χ4v) is 3.99. The summed E-state index contributed by atoms with van der Waals surface area (Å²) in [5.74, 6) is -0.200. The highest BCUT2D eigenvalue weighted by molar-refractivity contribution is 7.22. The number of rotatable bonds is 4. The zero-order valence-electron chi connectivity index (χ0n) is 13.0. The van der Waals surface area contributed by atoms with Crippen LogP contribution in [0.1, 0.15) is 5.56 Å². The highest BCUT2D eigenvalue weighted by Crippen LogP contribution is 2.31. The highest BCUT2D eigenvalue weighted by Gasteiger charge is 2.10. The number of hydrogen-bond donors (Lipinski definition) is 1. The van der Waals surface area contributed by atoms with Gasteiger partial charge in [0.1, 0.15) is 10.7 Å². The number of para-hydroxylation sites is 1. The molecule has 0 saturated heterocycles. The van der Waals surface area contributed by atoms with Gasteiger partial charge in [-0.1, -0.05) is 42.5 Å². The first-order chi connectivity index (χ1) is 12.3. The molecule has 4 rings (SSSR count). The van der Waals surface area contributed by atoms with E-state index < -0.39 is 0 Å². The Morgan fingerprint density at radius 1 is 1.00 bits per heavy atom. The molecular weight excluding hydrogens is 350 g/mol. The molecule has 0 atom stereocenters. The largest absolute Gasteiger partial charge is 0.298 e. The molecule has 2 heterocycles. The number of fused-ring (bicyclic) bond motifs is 1. The number of benzene rings is 2. The van der Waals surface area contributed by atoms with Crippen LogP contribution in [0.2, 0.25) is 0 Å². The van der Waals surface area contributed by atoms with E-state index in [1.807, 2.05) is 60.0 Å². The summed E-state index contributed by atoms with van der Waals surface area (Å²) < 4.78 is 1.13. The molecule has 0 fully saturated rings. The second kappa shape index (κ2) is 6.96. The van der Waals surface area contributed by atoms with Gasteiger partial charge in [-0.3, -0.25) is 10.1 Å². The van der Waals surface area contributed by atoms with Gasteiger partial charge in [0.15, 0.2) is 5.13 Å². The quantitative estimate of drug-likeness (QED) is 0.515. The molecule has 6 heteroatoms. The summed E-state index contributed by atoms with van der Waals surface area (Å²) in [7, 11) is 0. The molecule has 0 bridgehead atoms. The smallest absolute Gasteiger partial charge is 0.250 e. The number of nitrogens with one attached hydrogen (secondary N) is 1. The van der Waals surface area contributed by atoms with Gasteiger partial charge >= 0.3 is 0 Å². The van der Waals surface area contributed by atoms with E-state index in [0.29, 0.717) is 5.13 Å².